The maximum atomic E-state index is 11.5. The summed E-state index contributed by atoms with van der Waals surface area (Å²) in [6.45, 7) is 0. The number of ketones is 2. The minimum atomic E-state index is -0.670. The quantitative estimate of drug-likeness (QED) is 0.448. The van der Waals surface area contributed by atoms with E-state index in [0.29, 0.717) is 19.3 Å². The van der Waals surface area contributed by atoms with E-state index in [-0.39, 0.29) is 23.4 Å². The van der Waals surface area contributed by atoms with Gasteiger partial charge in [0.05, 0.1) is 7.11 Å². The first kappa shape index (κ1) is 9.37. The SMILES string of the molecule is COC(=O)C1C(=O)C[C@H]2CC(=O)C[C@@H]12. The number of carbonyl (C=O) groups excluding carboxylic acids is 3. The molecule has 2 fully saturated rings. The van der Waals surface area contributed by atoms with E-state index in [2.05, 4.69) is 4.74 Å². The summed E-state index contributed by atoms with van der Waals surface area (Å²) in [5.41, 5.74) is 0. The second-order valence-electron chi connectivity index (χ2n) is 4.04. The lowest BCUT2D eigenvalue weighted by atomic mass is 9.92. The lowest BCUT2D eigenvalue weighted by Gasteiger charge is -2.13. The molecule has 0 saturated heterocycles. The summed E-state index contributed by atoms with van der Waals surface area (Å²) < 4.78 is 4.58. The Hall–Kier alpha value is -1.19. The van der Waals surface area contributed by atoms with Crippen LogP contribution < -0.4 is 0 Å². The van der Waals surface area contributed by atoms with Gasteiger partial charge in [0, 0.05) is 19.3 Å². The summed E-state index contributed by atoms with van der Waals surface area (Å²) in [6, 6.07) is 0. The van der Waals surface area contributed by atoms with Crippen molar-refractivity contribution in [2.24, 2.45) is 17.8 Å². The van der Waals surface area contributed by atoms with Gasteiger partial charge in [-0.05, 0) is 11.8 Å². The maximum Gasteiger partial charge on any atom is 0.316 e. The number of hydrogen-bond acceptors (Lipinski definition) is 4. The van der Waals surface area contributed by atoms with Crippen molar-refractivity contribution in [1.29, 1.82) is 0 Å². The number of fused-ring (bicyclic) bond motifs is 1. The van der Waals surface area contributed by atoms with Crippen LogP contribution in [0, 0.1) is 17.8 Å². The molecule has 2 rings (SSSR count). The van der Waals surface area contributed by atoms with Crippen LogP contribution in [-0.4, -0.2) is 24.6 Å². The van der Waals surface area contributed by atoms with Crippen molar-refractivity contribution in [1.82, 2.24) is 0 Å². The molecule has 0 aromatic rings. The smallest absolute Gasteiger partial charge is 0.316 e. The molecular weight excluding hydrogens is 184 g/mol. The number of esters is 1. The van der Waals surface area contributed by atoms with Gasteiger partial charge in [-0.2, -0.15) is 0 Å². The highest BCUT2D eigenvalue weighted by Gasteiger charge is 2.51. The van der Waals surface area contributed by atoms with Gasteiger partial charge in [0.1, 0.15) is 17.5 Å². The average molecular weight is 196 g/mol. The van der Waals surface area contributed by atoms with Crippen molar-refractivity contribution < 1.29 is 19.1 Å². The largest absolute Gasteiger partial charge is 0.468 e. The van der Waals surface area contributed by atoms with Crippen LogP contribution in [0.1, 0.15) is 19.3 Å². The zero-order valence-corrected chi connectivity index (χ0v) is 7.99. The Morgan fingerprint density at radius 1 is 1.29 bits per heavy atom. The van der Waals surface area contributed by atoms with Crippen LogP contribution >= 0.6 is 0 Å². The molecule has 0 aliphatic heterocycles. The third-order valence-electron chi connectivity index (χ3n) is 3.25. The summed E-state index contributed by atoms with van der Waals surface area (Å²) in [7, 11) is 1.28. The molecule has 0 aromatic carbocycles. The maximum absolute atomic E-state index is 11.5. The molecule has 0 amide bonds. The first-order valence-electron chi connectivity index (χ1n) is 4.75. The van der Waals surface area contributed by atoms with Gasteiger partial charge in [0.25, 0.3) is 0 Å². The van der Waals surface area contributed by atoms with E-state index in [1.165, 1.54) is 7.11 Å². The van der Waals surface area contributed by atoms with Gasteiger partial charge in [-0.3, -0.25) is 14.4 Å². The minimum Gasteiger partial charge on any atom is -0.468 e. The Kier molecular flexibility index (Phi) is 2.13. The van der Waals surface area contributed by atoms with E-state index in [1.54, 1.807) is 0 Å². The van der Waals surface area contributed by atoms with Gasteiger partial charge >= 0.3 is 5.97 Å². The van der Waals surface area contributed by atoms with Crippen LogP contribution in [0.25, 0.3) is 0 Å². The standard InChI is InChI=1S/C10H12O4/c1-14-10(13)9-7-4-6(11)2-5(7)3-8(9)12/h5,7,9H,2-4H2,1H3/t5-,7-,9?/m1/s1. The lowest BCUT2D eigenvalue weighted by molar-refractivity contribution is -0.149. The van der Waals surface area contributed by atoms with Crippen LogP contribution in [0.5, 0.6) is 0 Å². The van der Waals surface area contributed by atoms with Crippen LogP contribution in [0.3, 0.4) is 0 Å². The molecule has 2 saturated carbocycles. The Morgan fingerprint density at radius 3 is 2.64 bits per heavy atom. The van der Waals surface area contributed by atoms with Crippen molar-refractivity contribution in [3.8, 4) is 0 Å². The summed E-state index contributed by atoms with van der Waals surface area (Å²) >= 11 is 0. The summed E-state index contributed by atoms with van der Waals surface area (Å²) in [5, 5.41) is 0. The second-order valence-corrected chi connectivity index (χ2v) is 4.04. The number of rotatable bonds is 1. The van der Waals surface area contributed by atoms with Crippen molar-refractivity contribution in [2.75, 3.05) is 7.11 Å². The topological polar surface area (TPSA) is 60.4 Å². The Labute approximate surface area is 81.6 Å². The number of methoxy groups -OCH3 is 1. The Bertz CT molecular complexity index is 299. The molecule has 3 atom stereocenters. The fourth-order valence-corrected chi connectivity index (χ4v) is 2.63. The van der Waals surface area contributed by atoms with Crippen LogP contribution in [-0.2, 0) is 19.1 Å². The van der Waals surface area contributed by atoms with Gasteiger partial charge in [-0.25, -0.2) is 0 Å². The van der Waals surface area contributed by atoms with Gasteiger partial charge in [-0.1, -0.05) is 0 Å². The molecule has 14 heavy (non-hydrogen) atoms. The molecule has 1 unspecified atom stereocenters. The molecule has 0 spiro atoms. The lowest BCUT2D eigenvalue weighted by Crippen LogP contribution is -2.26. The number of hydrogen-bond donors (Lipinski definition) is 0. The fraction of sp³-hybridized carbons (Fsp3) is 0.700. The van der Waals surface area contributed by atoms with E-state index in [9.17, 15) is 14.4 Å². The van der Waals surface area contributed by atoms with E-state index < -0.39 is 11.9 Å². The zero-order chi connectivity index (χ0) is 10.3. The van der Waals surface area contributed by atoms with Crippen LogP contribution in [0.2, 0.25) is 0 Å². The van der Waals surface area contributed by atoms with Gasteiger partial charge in [0.15, 0.2) is 0 Å². The number of Topliss-reactive ketones (excluding diaryl/α,β-unsaturated/α-hetero) is 2. The van der Waals surface area contributed by atoms with Crippen LogP contribution in [0.4, 0.5) is 0 Å². The first-order chi connectivity index (χ1) is 6.63. The summed E-state index contributed by atoms with van der Waals surface area (Å²) in [4.78, 5) is 34.0. The van der Waals surface area contributed by atoms with Gasteiger partial charge in [-0.15, -0.1) is 0 Å². The molecule has 0 aromatic heterocycles. The van der Waals surface area contributed by atoms with Gasteiger partial charge < -0.3 is 4.74 Å². The second kappa shape index (κ2) is 3.19. The van der Waals surface area contributed by atoms with E-state index in [4.69, 9.17) is 0 Å². The van der Waals surface area contributed by atoms with Crippen molar-refractivity contribution in [2.45, 2.75) is 19.3 Å². The predicted octanol–water partition coefficient (Wildman–Crippen LogP) is 0.344. The van der Waals surface area contributed by atoms with E-state index >= 15 is 0 Å². The first-order valence-corrected chi connectivity index (χ1v) is 4.75. The minimum absolute atomic E-state index is 0.0562. The summed E-state index contributed by atoms with van der Waals surface area (Å²) in [5.74, 6) is -1.02. The van der Waals surface area contributed by atoms with Crippen molar-refractivity contribution >= 4 is 17.5 Å². The normalized spacial score (nSPS) is 35.9. The highest BCUT2D eigenvalue weighted by molar-refractivity contribution is 6.03. The molecular formula is C10H12O4. The van der Waals surface area contributed by atoms with E-state index in [0.717, 1.165) is 0 Å². The third-order valence-corrected chi connectivity index (χ3v) is 3.25. The third kappa shape index (κ3) is 1.25. The molecule has 2 aliphatic carbocycles. The molecule has 0 N–H and O–H groups in total. The Morgan fingerprint density at radius 2 is 2.00 bits per heavy atom. The molecule has 0 heterocycles. The fourth-order valence-electron chi connectivity index (χ4n) is 2.63. The Balaban J connectivity index is 2.20. The molecule has 2 aliphatic rings. The predicted molar refractivity (Wildman–Crippen MR) is 46.4 cm³/mol. The highest BCUT2D eigenvalue weighted by Crippen LogP contribution is 2.44. The average Bonchev–Trinajstić information content (AvgIpc) is 2.58. The van der Waals surface area contributed by atoms with Crippen molar-refractivity contribution in [3.63, 3.8) is 0 Å². The highest BCUT2D eigenvalue weighted by atomic mass is 16.5. The molecule has 0 bridgehead atoms. The van der Waals surface area contributed by atoms with Gasteiger partial charge in [0.2, 0.25) is 0 Å². The molecule has 76 valence electrons. The van der Waals surface area contributed by atoms with E-state index in [1.807, 2.05) is 0 Å². The molecule has 4 heteroatoms. The zero-order valence-electron chi connectivity index (χ0n) is 7.99. The van der Waals surface area contributed by atoms with Crippen LogP contribution in [0.15, 0.2) is 0 Å². The molecule has 4 nitrogen and oxygen atoms in total. The summed E-state index contributed by atoms with van der Waals surface area (Å²) in [6.07, 6.45) is 1.20. The van der Waals surface area contributed by atoms with Crippen molar-refractivity contribution in [3.05, 3.63) is 0 Å². The monoisotopic (exact) mass is 196 g/mol. The number of carbonyl (C=O) groups is 3. The molecule has 0 radical (unpaired) electrons. The number of ether oxygens (including phenoxy) is 1.